The summed E-state index contributed by atoms with van der Waals surface area (Å²) in [6, 6.07) is 11.2. The molecule has 1 aromatic carbocycles. The molecule has 8 heteroatoms. The van der Waals surface area contributed by atoms with Crippen molar-refractivity contribution in [2.75, 3.05) is 6.54 Å². The van der Waals surface area contributed by atoms with Crippen molar-refractivity contribution in [2.45, 2.75) is 13.5 Å². The molecule has 4 rings (SSSR count). The lowest BCUT2D eigenvalue weighted by Crippen LogP contribution is -2.30. The number of aromatic amines is 1. The van der Waals surface area contributed by atoms with Crippen LogP contribution in [0.2, 0.25) is 0 Å². The van der Waals surface area contributed by atoms with Gasteiger partial charge in [-0.2, -0.15) is 5.10 Å². The second-order valence-electron chi connectivity index (χ2n) is 7.20. The maximum atomic E-state index is 12.6. The van der Waals surface area contributed by atoms with E-state index in [2.05, 4.69) is 27.3 Å². The lowest BCUT2D eigenvalue weighted by Gasteiger charge is -2.13. The van der Waals surface area contributed by atoms with Crippen LogP contribution in [-0.4, -0.2) is 36.8 Å². The minimum atomic E-state index is -0.206. The molecule has 8 nitrogen and oxygen atoms in total. The molecule has 0 spiro atoms. The summed E-state index contributed by atoms with van der Waals surface area (Å²) in [5, 5.41) is 7.18. The van der Waals surface area contributed by atoms with E-state index in [1.807, 2.05) is 41.2 Å². The molecule has 1 unspecified atom stereocenters. The number of H-pyrrole nitrogens is 1. The minimum Gasteiger partial charge on any atom is -0.352 e. The van der Waals surface area contributed by atoms with Gasteiger partial charge in [-0.05, 0) is 35.7 Å². The molecule has 0 fully saturated rings. The zero-order chi connectivity index (χ0) is 20.4. The first-order chi connectivity index (χ1) is 14.0. The number of carbonyl (C=O) groups excluding carboxylic acids is 1. The Hall–Kier alpha value is -3.68. The molecule has 1 amide bonds. The van der Waals surface area contributed by atoms with Crippen molar-refractivity contribution in [3.63, 3.8) is 0 Å². The molecule has 0 saturated carbocycles. The summed E-state index contributed by atoms with van der Waals surface area (Å²) in [6.45, 7) is 3.37. The Kier molecular flexibility index (Phi) is 4.99. The summed E-state index contributed by atoms with van der Waals surface area (Å²) in [7, 11) is 1.70. The standard InChI is InChI=1S/C21H22N6O2/c1-14(13-27-8-4-7-24-27)11-23-20(28)16-6-3-5-15(9-16)17-10-18-19(22-12-17)25-21(29)26(18)2/h3-10,12,14H,11,13H2,1-2H3,(H,23,28)(H,22,25,29). The highest BCUT2D eigenvalue weighted by Crippen LogP contribution is 2.22. The normalized spacial score (nSPS) is 12.2. The second kappa shape index (κ2) is 7.75. The molecule has 0 aliphatic heterocycles. The number of hydrogen-bond acceptors (Lipinski definition) is 4. The van der Waals surface area contributed by atoms with Crippen LogP contribution in [0.1, 0.15) is 17.3 Å². The number of benzene rings is 1. The zero-order valence-electron chi connectivity index (χ0n) is 16.3. The molecule has 0 saturated heterocycles. The van der Waals surface area contributed by atoms with Crippen LogP contribution in [0.15, 0.2) is 59.8 Å². The van der Waals surface area contributed by atoms with Crippen LogP contribution in [0.25, 0.3) is 22.3 Å². The quantitative estimate of drug-likeness (QED) is 0.527. The summed E-state index contributed by atoms with van der Waals surface area (Å²) >= 11 is 0. The number of carbonyl (C=O) groups is 1. The topological polar surface area (TPSA) is 97.6 Å². The Morgan fingerprint density at radius 1 is 1.24 bits per heavy atom. The molecule has 0 bridgehead atoms. The third kappa shape index (κ3) is 3.96. The van der Waals surface area contributed by atoms with E-state index >= 15 is 0 Å². The van der Waals surface area contributed by atoms with E-state index in [4.69, 9.17) is 0 Å². The predicted octanol–water partition coefficient (Wildman–Crippen LogP) is 2.19. The summed E-state index contributed by atoms with van der Waals surface area (Å²) in [4.78, 5) is 31.4. The van der Waals surface area contributed by atoms with Gasteiger partial charge in [-0.25, -0.2) is 9.78 Å². The third-order valence-electron chi connectivity index (χ3n) is 4.89. The lowest BCUT2D eigenvalue weighted by molar-refractivity contribution is 0.0946. The molecule has 4 aromatic rings. The van der Waals surface area contributed by atoms with Gasteiger partial charge in [0.1, 0.15) is 0 Å². The van der Waals surface area contributed by atoms with E-state index in [1.54, 1.807) is 25.5 Å². The van der Waals surface area contributed by atoms with Crippen LogP contribution in [0.3, 0.4) is 0 Å². The first-order valence-corrected chi connectivity index (χ1v) is 9.42. The van der Waals surface area contributed by atoms with Crippen LogP contribution in [0.4, 0.5) is 0 Å². The summed E-state index contributed by atoms with van der Waals surface area (Å²) < 4.78 is 3.37. The Bertz CT molecular complexity index is 1210. The molecule has 0 aliphatic rings. The Labute approximate surface area is 167 Å². The van der Waals surface area contributed by atoms with Gasteiger partial charge in [0.15, 0.2) is 5.65 Å². The van der Waals surface area contributed by atoms with Crippen molar-refractivity contribution in [3.8, 4) is 11.1 Å². The molecule has 1 atom stereocenters. The van der Waals surface area contributed by atoms with Gasteiger partial charge in [-0.1, -0.05) is 19.1 Å². The maximum absolute atomic E-state index is 12.6. The number of nitrogens with zero attached hydrogens (tertiary/aromatic N) is 4. The number of aromatic nitrogens is 5. The molecular formula is C21H22N6O2. The third-order valence-corrected chi connectivity index (χ3v) is 4.89. The molecular weight excluding hydrogens is 368 g/mol. The minimum absolute atomic E-state index is 0.123. The van der Waals surface area contributed by atoms with Gasteiger partial charge in [0.2, 0.25) is 0 Å². The van der Waals surface area contributed by atoms with E-state index in [1.165, 1.54) is 4.57 Å². The summed E-state index contributed by atoms with van der Waals surface area (Å²) in [6.07, 6.45) is 5.35. The van der Waals surface area contributed by atoms with Crippen LogP contribution >= 0.6 is 0 Å². The molecule has 148 valence electrons. The number of imidazole rings is 1. The van der Waals surface area contributed by atoms with Gasteiger partial charge in [0.25, 0.3) is 5.91 Å². The summed E-state index contributed by atoms with van der Waals surface area (Å²) in [5.74, 6) is 0.130. The molecule has 0 radical (unpaired) electrons. The first kappa shape index (κ1) is 18.7. The zero-order valence-corrected chi connectivity index (χ0v) is 16.3. The maximum Gasteiger partial charge on any atom is 0.327 e. The van der Waals surface area contributed by atoms with E-state index in [0.29, 0.717) is 17.8 Å². The van der Waals surface area contributed by atoms with Gasteiger partial charge in [0.05, 0.1) is 5.52 Å². The number of fused-ring (bicyclic) bond motifs is 1. The van der Waals surface area contributed by atoms with Crippen molar-refractivity contribution >= 4 is 17.1 Å². The van der Waals surface area contributed by atoms with Gasteiger partial charge in [0, 0.05) is 49.9 Å². The molecule has 3 heterocycles. The van der Waals surface area contributed by atoms with E-state index < -0.39 is 0 Å². The van der Waals surface area contributed by atoms with Crippen molar-refractivity contribution < 1.29 is 4.79 Å². The fourth-order valence-corrected chi connectivity index (χ4v) is 3.26. The van der Waals surface area contributed by atoms with Crippen LogP contribution in [0.5, 0.6) is 0 Å². The van der Waals surface area contributed by atoms with E-state index in [0.717, 1.165) is 23.2 Å². The fraction of sp³-hybridized carbons (Fsp3) is 0.238. The highest BCUT2D eigenvalue weighted by atomic mass is 16.2. The predicted molar refractivity (Wildman–Crippen MR) is 110 cm³/mol. The van der Waals surface area contributed by atoms with Crippen LogP contribution < -0.4 is 11.0 Å². The Morgan fingerprint density at radius 3 is 2.90 bits per heavy atom. The Morgan fingerprint density at radius 2 is 2.10 bits per heavy atom. The van der Waals surface area contributed by atoms with Crippen molar-refractivity contribution in [1.29, 1.82) is 0 Å². The smallest absolute Gasteiger partial charge is 0.327 e. The molecule has 3 aromatic heterocycles. The van der Waals surface area contributed by atoms with Crippen LogP contribution in [-0.2, 0) is 13.6 Å². The number of rotatable bonds is 6. The van der Waals surface area contributed by atoms with Gasteiger partial charge in [-0.15, -0.1) is 0 Å². The van der Waals surface area contributed by atoms with Crippen LogP contribution in [0, 0.1) is 5.92 Å². The summed E-state index contributed by atoms with van der Waals surface area (Å²) in [5.41, 5.74) is 3.34. The second-order valence-corrected chi connectivity index (χ2v) is 7.20. The average Bonchev–Trinajstić information content (AvgIpc) is 3.34. The van der Waals surface area contributed by atoms with Crippen molar-refractivity contribution in [1.82, 2.24) is 29.6 Å². The van der Waals surface area contributed by atoms with Gasteiger partial charge >= 0.3 is 5.69 Å². The number of amides is 1. The molecule has 29 heavy (non-hydrogen) atoms. The van der Waals surface area contributed by atoms with E-state index in [9.17, 15) is 9.59 Å². The Balaban J connectivity index is 1.48. The van der Waals surface area contributed by atoms with Gasteiger partial charge < -0.3 is 5.32 Å². The van der Waals surface area contributed by atoms with E-state index in [-0.39, 0.29) is 17.5 Å². The monoisotopic (exact) mass is 390 g/mol. The van der Waals surface area contributed by atoms with Crippen molar-refractivity contribution in [3.05, 3.63) is 71.0 Å². The number of nitrogens with one attached hydrogen (secondary N) is 2. The number of pyridine rings is 1. The molecule has 2 N–H and O–H groups in total. The highest BCUT2D eigenvalue weighted by molar-refractivity contribution is 5.95. The number of hydrogen-bond donors (Lipinski definition) is 2. The number of aryl methyl sites for hydroxylation is 1. The highest BCUT2D eigenvalue weighted by Gasteiger charge is 2.11. The van der Waals surface area contributed by atoms with Gasteiger partial charge in [-0.3, -0.25) is 19.0 Å². The fourth-order valence-electron chi connectivity index (χ4n) is 3.26. The lowest BCUT2D eigenvalue weighted by atomic mass is 10.0. The average molecular weight is 390 g/mol. The molecule has 0 aliphatic carbocycles. The van der Waals surface area contributed by atoms with Crippen molar-refractivity contribution in [2.24, 2.45) is 13.0 Å². The SMILES string of the molecule is CC(CNC(=O)c1cccc(-c2cnc3[nH]c(=O)n(C)c3c2)c1)Cn1cccn1. The first-order valence-electron chi connectivity index (χ1n) is 9.42. The largest absolute Gasteiger partial charge is 0.352 e.